The maximum absolute atomic E-state index is 14.1. The Morgan fingerprint density at radius 3 is 2.48 bits per heavy atom. The third kappa shape index (κ3) is 3.27. The van der Waals surface area contributed by atoms with Crippen LogP contribution in [0.25, 0.3) is 0 Å². The van der Waals surface area contributed by atoms with Crippen molar-refractivity contribution in [2.45, 2.75) is 6.42 Å². The van der Waals surface area contributed by atoms with Crippen LogP contribution in [-0.4, -0.2) is 49.3 Å². The number of carboxylic acids is 1. The third-order valence-electron chi connectivity index (χ3n) is 3.61. The van der Waals surface area contributed by atoms with Crippen LogP contribution < -0.4 is 14.8 Å². The molecule has 2 N–H and O–H groups in total. The molecule has 1 aromatic rings. The van der Waals surface area contributed by atoms with Crippen molar-refractivity contribution < 1.29 is 33.0 Å². The Morgan fingerprint density at radius 2 is 1.96 bits per heavy atom. The zero-order valence-electron chi connectivity index (χ0n) is 12.6. The fourth-order valence-electron chi connectivity index (χ4n) is 2.40. The van der Waals surface area contributed by atoms with Crippen LogP contribution in [0.1, 0.15) is 6.42 Å². The number of hydrogen-bond donors (Lipinski definition) is 2. The van der Waals surface area contributed by atoms with Gasteiger partial charge >= 0.3 is 12.0 Å². The number of hydrogen-bond acceptors (Lipinski definition) is 4. The summed E-state index contributed by atoms with van der Waals surface area (Å²) in [7, 11) is 2.27. The van der Waals surface area contributed by atoms with Crippen molar-refractivity contribution in [1.29, 1.82) is 0 Å². The highest BCUT2D eigenvalue weighted by Crippen LogP contribution is 2.36. The number of anilines is 1. The van der Waals surface area contributed by atoms with E-state index in [0.717, 1.165) is 13.2 Å². The second kappa shape index (κ2) is 6.67. The van der Waals surface area contributed by atoms with Gasteiger partial charge in [-0.2, -0.15) is 4.39 Å². The summed E-state index contributed by atoms with van der Waals surface area (Å²) in [5.41, 5.74) is -0.202. The second-order valence-electron chi connectivity index (χ2n) is 4.99. The molecule has 2 amide bonds. The lowest BCUT2D eigenvalue weighted by molar-refractivity contribution is -0.141. The number of likely N-dealkylation sites (tertiary alicyclic amines) is 1. The van der Waals surface area contributed by atoms with Gasteiger partial charge in [-0.25, -0.2) is 9.18 Å². The zero-order valence-corrected chi connectivity index (χ0v) is 12.6. The maximum Gasteiger partial charge on any atom is 0.321 e. The molecular formula is C14H16F2N2O5. The van der Waals surface area contributed by atoms with Crippen LogP contribution in [0.3, 0.4) is 0 Å². The van der Waals surface area contributed by atoms with Gasteiger partial charge in [0, 0.05) is 19.2 Å². The van der Waals surface area contributed by atoms with Gasteiger partial charge in [0.1, 0.15) is 0 Å². The zero-order chi connectivity index (χ0) is 17.1. The lowest BCUT2D eigenvalue weighted by Crippen LogP contribution is -2.34. The Kier molecular flexibility index (Phi) is 4.87. The molecule has 0 aliphatic carbocycles. The van der Waals surface area contributed by atoms with E-state index < -0.39 is 35.3 Å². The summed E-state index contributed by atoms with van der Waals surface area (Å²) in [6, 6.07) is 0.222. The highest BCUT2D eigenvalue weighted by Gasteiger charge is 2.31. The molecule has 1 fully saturated rings. The van der Waals surface area contributed by atoms with Crippen LogP contribution in [-0.2, 0) is 4.79 Å². The first-order valence-corrected chi connectivity index (χ1v) is 6.77. The number of aliphatic carboxylic acids is 1. The van der Waals surface area contributed by atoms with E-state index in [-0.39, 0.29) is 24.5 Å². The maximum atomic E-state index is 14.1. The number of rotatable bonds is 4. The van der Waals surface area contributed by atoms with E-state index in [4.69, 9.17) is 9.84 Å². The van der Waals surface area contributed by atoms with Crippen molar-refractivity contribution >= 4 is 17.7 Å². The number of nitrogens with zero attached hydrogens (tertiary/aromatic N) is 1. The van der Waals surface area contributed by atoms with E-state index in [1.165, 1.54) is 12.0 Å². The number of carbonyl (C=O) groups excluding carboxylic acids is 1. The number of benzene rings is 1. The smallest absolute Gasteiger partial charge is 0.321 e. The molecule has 0 bridgehead atoms. The molecule has 7 nitrogen and oxygen atoms in total. The van der Waals surface area contributed by atoms with Crippen molar-refractivity contribution in [3.8, 4) is 11.5 Å². The summed E-state index contributed by atoms with van der Waals surface area (Å²) in [6.45, 7) is 0.275. The minimum atomic E-state index is -1.07. The fourth-order valence-corrected chi connectivity index (χ4v) is 2.40. The van der Waals surface area contributed by atoms with Gasteiger partial charge in [0.05, 0.1) is 25.8 Å². The van der Waals surface area contributed by atoms with Gasteiger partial charge in [0.15, 0.2) is 17.3 Å². The van der Waals surface area contributed by atoms with Crippen LogP contribution in [0.4, 0.5) is 19.3 Å². The molecule has 1 saturated heterocycles. The van der Waals surface area contributed by atoms with Crippen molar-refractivity contribution in [2.24, 2.45) is 5.92 Å². The van der Waals surface area contributed by atoms with Crippen LogP contribution >= 0.6 is 0 Å². The van der Waals surface area contributed by atoms with E-state index in [1.807, 2.05) is 0 Å². The molecule has 126 valence electrons. The summed E-state index contributed by atoms with van der Waals surface area (Å²) in [4.78, 5) is 24.3. The molecule has 0 saturated carbocycles. The highest BCUT2D eigenvalue weighted by molar-refractivity contribution is 5.92. The van der Waals surface area contributed by atoms with E-state index in [1.54, 1.807) is 0 Å². The number of urea groups is 1. The minimum absolute atomic E-state index is 0.0323. The van der Waals surface area contributed by atoms with E-state index >= 15 is 0 Å². The molecule has 9 heteroatoms. The summed E-state index contributed by atoms with van der Waals surface area (Å²) in [6.07, 6.45) is 0.325. The van der Waals surface area contributed by atoms with Crippen molar-refractivity contribution in [3.63, 3.8) is 0 Å². The van der Waals surface area contributed by atoms with E-state index in [2.05, 4.69) is 10.1 Å². The third-order valence-corrected chi connectivity index (χ3v) is 3.61. The normalized spacial score (nSPS) is 17.0. The highest BCUT2D eigenvalue weighted by atomic mass is 19.1. The first kappa shape index (κ1) is 16.8. The van der Waals surface area contributed by atoms with Gasteiger partial charge in [-0.05, 0) is 6.42 Å². The predicted octanol–water partition coefficient (Wildman–Crippen LogP) is 1.92. The molecule has 2 rings (SSSR count). The number of halogens is 2. The first-order chi connectivity index (χ1) is 10.9. The molecule has 0 radical (unpaired) electrons. The minimum Gasteiger partial charge on any atom is -0.491 e. The largest absolute Gasteiger partial charge is 0.491 e. The monoisotopic (exact) mass is 330 g/mol. The van der Waals surface area contributed by atoms with Gasteiger partial charge in [-0.1, -0.05) is 0 Å². The number of nitrogens with one attached hydrogen (secondary N) is 1. The second-order valence-corrected chi connectivity index (χ2v) is 4.99. The number of amides is 2. The van der Waals surface area contributed by atoms with E-state index in [9.17, 15) is 18.4 Å². The molecule has 1 atom stereocenters. The summed E-state index contributed by atoms with van der Waals surface area (Å²) in [5.74, 6) is -4.69. The average Bonchev–Trinajstić information content (AvgIpc) is 2.97. The fraction of sp³-hybridized carbons (Fsp3) is 0.429. The summed E-state index contributed by atoms with van der Waals surface area (Å²) < 4.78 is 37.3. The van der Waals surface area contributed by atoms with Gasteiger partial charge in [-0.3, -0.25) is 4.79 Å². The van der Waals surface area contributed by atoms with Gasteiger partial charge in [0.25, 0.3) is 0 Å². The molecule has 0 spiro atoms. The van der Waals surface area contributed by atoms with E-state index in [0.29, 0.717) is 6.42 Å². The van der Waals surface area contributed by atoms with Crippen LogP contribution in [0.15, 0.2) is 6.07 Å². The van der Waals surface area contributed by atoms with Gasteiger partial charge < -0.3 is 24.8 Å². The standard InChI is InChI=1S/C14H16F2N2O5/c1-22-11-8(15)5-9(12(23-2)10(11)16)17-14(21)18-4-3-7(6-18)13(19)20/h5,7H,3-4,6H2,1-2H3,(H,17,21)(H,19,20). The molecule has 23 heavy (non-hydrogen) atoms. The van der Waals surface area contributed by atoms with Crippen LogP contribution in [0.2, 0.25) is 0 Å². The Balaban J connectivity index is 2.20. The quantitative estimate of drug-likeness (QED) is 0.880. The first-order valence-electron chi connectivity index (χ1n) is 6.77. The number of methoxy groups -OCH3 is 2. The van der Waals surface area contributed by atoms with Gasteiger partial charge in [-0.15, -0.1) is 0 Å². The molecule has 1 aliphatic rings. The Bertz CT molecular complexity index is 638. The lowest BCUT2D eigenvalue weighted by Gasteiger charge is -2.19. The lowest BCUT2D eigenvalue weighted by atomic mass is 10.1. The molecule has 1 heterocycles. The molecule has 1 aromatic carbocycles. The number of carbonyl (C=O) groups is 2. The van der Waals surface area contributed by atoms with Crippen LogP contribution in [0, 0.1) is 17.6 Å². The predicted molar refractivity (Wildman–Crippen MR) is 75.8 cm³/mol. The molecular weight excluding hydrogens is 314 g/mol. The SMILES string of the molecule is COc1c(F)cc(NC(=O)N2CCC(C(=O)O)C2)c(OC)c1F. The van der Waals surface area contributed by atoms with Crippen LogP contribution in [0.5, 0.6) is 11.5 Å². The Morgan fingerprint density at radius 1 is 1.30 bits per heavy atom. The van der Waals surface area contributed by atoms with Crippen molar-refractivity contribution in [3.05, 3.63) is 17.7 Å². The summed E-state index contributed by atoms with van der Waals surface area (Å²) >= 11 is 0. The average molecular weight is 330 g/mol. The molecule has 1 unspecified atom stereocenters. The van der Waals surface area contributed by atoms with Crippen molar-refractivity contribution in [1.82, 2.24) is 4.90 Å². The Hall–Kier alpha value is -2.58. The molecule has 1 aliphatic heterocycles. The Labute approximate surface area is 130 Å². The van der Waals surface area contributed by atoms with Gasteiger partial charge in [0.2, 0.25) is 5.82 Å². The summed E-state index contributed by atoms with van der Waals surface area (Å²) in [5, 5.41) is 11.3. The number of carboxylic acid groups (broad SMARTS) is 1. The van der Waals surface area contributed by atoms with Crippen molar-refractivity contribution in [2.75, 3.05) is 32.6 Å². The molecule has 0 aromatic heterocycles. The topological polar surface area (TPSA) is 88.1 Å². The number of ether oxygens (including phenoxy) is 2.